The second kappa shape index (κ2) is 8.28. The molecule has 5 heteroatoms. The van der Waals surface area contributed by atoms with Gasteiger partial charge in [0, 0.05) is 22.7 Å². The molecule has 0 heterocycles. The van der Waals surface area contributed by atoms with E-state index in [9.17, 15) is 0 Å². The van der Waals surface area contributed by atoms with E-state index in [4.69, 9.17) is 32.7 Å². The average molecular weight is 340 g/mol. The zero-order chi connectivity index (χ0) is 15.9. The van der Waals surface area contributed by atoms with Crippen LogP contribution in [0.4, 0.5) is 0 Å². The van der Waals surface area contributed by atoms with E-state index in [1.54, 1.807) is 13.2 Å². The fraction of sp³-hybridized carbons (Fsp3) is 0.294. The normalized spacial score (nSPS) is 10.5. The van der Waals surface area contributed by atoms with E-state index < -0.39 is 0 Å². The molecule has 0 amide bonds. The van der Waals surface area contributed by atoms with Crippen molar-refractivity contribution in [2.75, 3.05) is 13.7 Å². The molecule has 3 nitrogen and oxygen atoms in total. The molecule has 0 aliphatic carbocycles. The molecular formula is C17H19Cl2NO2. The van der Waals surface area contributed by atoms with Crippen molar-refractivity contribution >= 4 is 23.2 Å². The monoisotopic (exact) mass is 339 g/mol. The zero-order valence-corrected chi connectivity index (χ0v) is 14.2. The third kappa shape index (κ3) is 4.54. The Balaban J connectivity index is 2.14. The summed E-state index contributed by atoms with van der Waals surface area (Å²) in [5, 5.41) is 4.59. The van der Waals surface area contributed by atoms with Gasteiger partial charge in [-0.15, -0.1) is 0 Å². The van der Waals surface area contributed by atoms with E-state index in [1.807, 2.05) is 37.3 Å². The van der Waals surface area contributed by atoms with Gasteiger partial charge in [0.25, 0.3) is 0 Å². The minimum Gasteiger partial charge on any atom is -0.493 e. The molecule has 0 fully saturated rings. The van der Waals surface area contributed by atoms with Crippen molar-refractivity contribution in [2.24, 2.45) is 0 Å². The summed E-state index contributed by atoms with van der Waals surface area (Å²) in [7, 11) is 1.62. The number of ether oxygens (including phenoxy) is 2. The first-order chi connectivity index (χ1) is 10.6. The van der Waals surface area contributed by atoms with Crippen molar-refractivity contribution in [3.8, 4) is 11.5 Å². The van der Waals surface area contributed by atoms with Gasteiger partial charge in [-0.05, 0) is 35.9 Å². The second-order valence-corrected chi connectivity index (χ2v) is 5.64. The summed E-state index contributed by atoms with van der Waals surface area (Å²) >= 11 is 12.3. The van der Waals surface area contributed by atoms with Gasteiger partial charge in [0.2, 0.25) is 0 Å². The number of hydrogen-bond acceptors (Lipinski definition) is 3. The summed E-state index contributed by atoms with van der Waals surface area (Å²) in [6.45, 7) is 4.03. The van der Waals surface area contributed by atoms with Crippen LogP contribution in [0.5, 0.6) is 11.5 Å². The SMILES string of the molecule is CCNCc1cc(OC)c(OCc2cccc(Cl)c2)cc1Cl. The van der Waals surface area contributed by atoms with Crippen LogP contribution >= 0.6 is 23.2 Å². The lowest BCUT2D eigenvalue weighted by molar-refractivity contribution is 0.284. The van der Waals surface area contributed by atoms with Crippen molar-refractivity contribution < 1.29 is 9.47 Å². The molecule has 0 bridgehead atoms. The van der Waals surface area contributed by atoms with Crippen molar-refractivity contribution in [2.45, 2.75) is 20.1 Å². The fourth-order valence-electron chi connectivity index (χ4n) is 2.03. The Morgan fingerprint density at radius 2 is 1.91 bits per heavy atom. The van der Waals surface area contributed by atoms with Gasteiger partial charge in [0.05, 0.1) is 7.11 Å². The number of halogens is 2. The summed E-state index contributed by atoms with van der Waals surface area (Å²) in [5.74, 6) is 1.28. The Labute approximate surface area is 141 Å². The number of benzene rings is 2. The van der Waals surface area contributed by atoms with Gasteiger partial charge in [-0.2, -0.15) is 0 Å². The topological polar surface area (TPSA) is 30.5 Å². The molecule has 0 aliphatic rings. The van der Waals surface area contributed by atoms with E-state index in [0.29, 0.717) is 34.7 Å². The highest BCUT2D eigenvalue weighted by Gasteiger charge is 2.10. The van der Waals surface area contributed by atoms with Crippen LogP contribution in [0, 0.1) is 0 Å². The Kier molecular flexibility index (Phi) is 6.37. The summed E-state index contributed by atoms with van der Waals surface area (Å²) in [6.07, 6.45) is 0. The van der Waals surface area contributed by atoms with E-state index in [2.05, 4.69) is 5.32 Å². The first kappa shape index (κ1) is 16.9. The molecular weight excluding hydrogens is 321 g/mol. The molecule has 118 valence electrons. The van der Waals surface area contributed by atoms with Crippen LogP contribution < -0.4 is 14.8 Å². The highest BCUT2D eigenvalue weighted by Crippen LogP contribution is 2.34. The summed E-state index contributed by atoms with van der Waals surface area (Å²) in [6, 6.07) is 11.2. The van der Waals surface area contributed by atoms with Gasteiger partial charge < -0.3 is 14.8 Å². The predicted molar refractivity (Wildman–Crippen MR) is 91.2 cm³/mol. The molecule has 0 aromatic heterocycles. The first-order valence-electron chi connectivity index (χ1n) is 7.08. The van der Waals surface area contributed by atoms with Gasteiger partial charge in [-0.1, -0.05) is 42.3 Å². The smallest absolute Gasteiger partial charge is 0.163 e. The van der Waals surface area contributed by atoms with Crippen LogP contribution in [-0.2, 0) is 13.2 Å². The number of rotatable bonds is 7. The van der Waals surface area contributed by atoms with Crippen molar-refractivity contribution in [1.29, 1.82) is 0 Å². The minimum absolute atomic E-state index is 0.403. The van der Waals surface area contributed by atoms with Crippen LogP contribution in [-0.4, -0.2) is 13.7 Å². The largest absolute Gasteiger partial charge is 0.493 e. The van der Waals surface area contributed by atoms with Crippen LogP contribution in [0.25, 0.3) is 0 Å². The molecule has 2 aromatic rings. The van der Waals surface area contributed by atoms with E-state index in [-0.39, 0.29) is 0 Å². The number of methoxy groups -OCH3 is 1. The molecule has 22 heavy (non-hydrogen) atoms. The Morgan fingerprint density at radius 3 is 2.59 bits per heavy atom. The molecule has 1 N–H and O–H groups in total. The molecule has 0 saturated carbocycles. The number of hydrogen-bond donors (Lipinski definition) is 1. The Hall–Kier alpha value is -1.42. The average Bonchev–Trinajstić information content (AvgIpc) is 2.52. The van der Waals surface area contributed by atoms with E-state index in [1.165, 1.54) is 0 Å². The highest BCUT2D eigenvalue weighted by atomic mass is 35.5. The van der Waals surface area contributed by atoms with Crippen LogP contribution in [0.3, 0.4) is 0 Å². The Morgan fingerprint density at radius 1 is 1.09 bits per heavy atom. The first-order valence-corrected chi connectivity index (χ1v) is 7.84. The lowest BCUT2D eigenvalue weighted by Gasteiger charge is -2.14. The quantitative estimate of drug-likeness (QED) is 0.793. The third-order valence-corrected chi connectivity index (χ3v) is 3.77. The van der Waals surface area contributed by atoms with Gasteiger partial charge in [0.1, 0.15) is 6.61 Å². The van der Waals surface area contributed by atoms with Crippen molar-refractivity contribution in [3.63, 3.8) is 0 Å². The van der Waals surface area contributed by atoms with Crippen molar-refractivity contribution in [3.05, 3.63) is 57.6 Å². The van der Waals surface area contributed by atoms with Crippen LogP contribution in [0.15, 0.2) is 36.4 Å². The van der Waals surface area contributed by atoms with E-state index in [0.717, 1.165) is 17.7 Å². The van der Waals surface area contributed by atoms with Gasteiger partial charge >= 0.3 is 0 Å². The standard InChI is InChI=1S/C17H19Cl2NO2/c1-3-20-10-13-8-16(21-2)17(9-15(13)19)22-11-12-5-4-6-14(18)7-12/h4-9,20H,3,10-11H2,1-2H3. The fourth-order valence-corrected chi connectivity index (χ4v) is 2.47. The molecule has 2 rings (SSSR count). The maximum atomic E-state index is 6.30. The summed E-state index contributed by atoms with van der Waals surface area (Å²) < 4.78 is 11.2. The van der Waals surface area contributed by atoms with Crippen LogP contribution in [0.1, 0.15) is 18.1 Å². The maximum Gasteiger partial charge on any atom is 0.163 e. The van der Waals surface area contributed by atoms with Gasteiger partial charge in [-0.3, -0.25) is 0 Å². The van der Waals surface area contributed by atoms with Crippen molar-refractivity contribution in [1.82, 2.24) is 5.32 Å². The third-order valence-electron chi connectivity index (χ3n) is 3.18. The summed E-state index contributed by atoms with van der Waals surface area (Å²) in [5.41, 5.74) is 1.97. The highest BCUT2D eigenvalue weighted by molar-refractivity contribution is 6.31. The second-order valence-electron chi connectivity index (χ2n) is 4.79. The van der Waals surface area contributed by atoms with Crippen LogP contribution in [0.2, 0.25) is 10.0 Å². The van der Waals surface area contributed by atoms with Gasteiger partial charge in [0.15, 0.2) is 11.5 Å². The molecule has 0 aliphatic heterocycles. The maximum absolute atomic E-state index is 6.30. The number of nitrogens with one attached hydrogen (secondary N) is 1. The van der Waals surface area contributed by atoms with E-state index >= 15 is 0 Å². The lowest BCUT2D eigenvalue weighted by atomic mass is 10.2. The Bertz CT molecular complexity index is 632. The lowest BCUT2D eigenvalue weighted by Crippen LogP contribution is -2.12. The zero-order valence-electron chi connectivity index (χ0n) is 12.7. The predicted octanol–water partition coefficient (Wildman–Crippen LogP) is 4.69. The minimum atomic E-state index is 0.403. The molecule has 2 aromatic carbocycles. The molecule has 0 unspecified atom stereocenters. The molecule has 0 spiro atoms. The molecule has 0 saturated heterocycles. The summed E-state index contributed by atoms with van der Waals surface area (Å²) in [4.78, 5) is 0. The molecule has 0 atom stereocenters. The van der Waals surface area contributed by atoms with Gasteiger partial charge in [-0.25, -0.2) is 0 Å². The molecule has 0 radical (unpaired) electrons.